The summed E-state index contributed by atoms with van der Waals surface area (Å²) in [6.07, 6.45) is 4.45. The first-order chi connectivity index (χ1) is 15.6. The van der Waals surface area contributed by atoms with Crippen molar-refractivity contribution >= 4 is 54.0 Å². The van der Waals surface area contributed by atoms with Gasteiger partial charge in [0, 0.05) is 24.1 Å². The van der Waals surface area contributed by atoms with Gasteiger partial charge in [-0.1, -0.05) is 0 Å². The number of hydrogen-bond acceptors (Lipinski definition) is 9. The Bertz CT molecular complexity index is 823. The van der Waals surface area contributed by atoms with E-state index < -0.39 is 60.2 Å². The Morgan fingerprint density at radius 1 is 1.12 bits per heavy atom. The summed E-state index contributed by atoms with van der Waals surface area (Å²) >= 11 is 5.34. The number of hydrogen-bond donors (Lipinski definition) is 8. The Morgan fingerprint density at radius 2 is 1.73 bits per heavy atom. The number of aromatic amines is 1. The molecule has 0 spiro atoms. The molecule has 13 nitrogen and oxygen atoms in total. The summed E-state index contributed by atoms with van der Waals surface area (Å²) in [6, 6.07) is -4.72. The van der Waals surface area contributed by atoms with Gasteiger partial charge in [-0.15, -0.1) is 0 Å². The number of carboxylic acid groups (broad SMARTS) is 1. The number of carboxylic acids is 1. The number of thiol groups is 1. The molecule has 4 atom stereocenters. The van der Waals surface area contributed by atoms with Crippen molar-refractivity contribution < 1.29 is 29.1 Å². The van der Waals surface area contributed by atoms with Crippen molar-refractivity contribution in [1.29, 1.82) is 0 Å². The van der Waals surface area contributed by atoms with Crippen LogP contribution in [0.2, 0.25) is 0 Å². The second-order valence-electron chi connectivity index (χ2n) is 7.04. The zero-order chi connectivity index (χ0) is 25.0. The van der Waals surface area contributed by atoms with E-state index >= 15 is 0 Å². The monoisotopic (exact) mass is 503 g/mol. The molecule has 1 heterocycles. The average Bonchev–Trinajstić information content (AvgIpc) is 3.26. The highest BCUT2D eigenvalue weighted by Gasteiger charge is 2.30. The molecular weight excluding hydrogens is 474 g/mol. The summed E-state index contributed by atoms with van der Waals surface area (Å²) in [7, 11) is 0. The Labute approximate surface area is 200 Å². The van der Waals surface area contributed by atoms with Gasteiger partial charge in [-0.05, 0) is 18.4 Å². The molecule has 15 heteroatoms. The van der Waals surface area contributed by atoms with Crippen molar-refractivity contribution in [3.63, 3.8) is 0 Å². The molecule has 0 fully saturated rings. The second-order valence-corrected chi connectivity index (χ2v) is 8.39. The minimum Gasteiger partial charge on any atom is -0.480 e. The highest BCUT2D eigenvalue weighted by Crippen LogP contribution is 2.05. The van der Waals surface area contributed by atoms with Crippen molar-refractivity contribution in [2.75, 3.05) is 17.8 Å². The molecule has 0 aliphatic rings. The lowest BCUT2D eigenvalue weighted by atomic mass is 10.1. The lowest BCUT2D eigenvalue weighted by molar-refractivity contribution is -0.141. The summed E-state index contributed by atoms with van der Waals surface area (Å²) < 4.78 is 0. The number of aliphatic carboxylic acids is 1. The third-order valence-electron chi connectivity index (χ3n) is 4.41. The number of primary amides is 1. The summed E-state index contributed by atoms with van der Waals surface area (Å²) in [5.41, 5.74) is 11.2. The van der Waals surface area contributed by atoms with Gasteiger partial charge in [0.05, 0.1) is 18.8 Å². The van der Waals surface area contributed by atoms with Crippen LogP contribution in [-0.2, 0) is 30.4 Å². The fraction of sp³-hybridized carbons (Fsp3) is 0.556. The average molecular weight is 504 g/mol. The molecule has 4 amide bonds. The van der Waals surface area contributed by atoms with Gasteiger partial charge < -0.3 is 37.5 Å². The van der Waals surface area contributed by atoms with Gasteiger partial charge in [-0.3, -0.25) is 19.2 Å². The van der Waals surface area contributed by atoms with Crippen LogP contribution in [0.1, 0.15) is 18.5 Å². The molecule has 1 aromatic rings. The van der Waals surface area contributed by atoms with Gasteiger partial charge in [-0.25, -0.2) is 9.78 Å². The van der Waals surface area contributed by atoms with Crippen LogP contribution in [0.5, 0.6) is 0 Å². The predicted molar refractivity (Wildman–Crippen MR) is 124 cm³/mol. The topological polar surface area (TPSA) is 222 Å². The number of amides is 4. The van der Waals surface area contributed by atoms with Gasteiger partial charge in [0.15, 0.2) is 0 Å². The van der Waals surface area contributed by atoms with Crippen LogP contribution < -0.4 is 27.4 Å². The summed E-state index contributed by atoms with van der Waals surface area (Å²) in [6.45, 7) is 0. The Hall–Kier alpha value is -2.78. The van der Waals surface area contributed by atoms with Gasteiger partial charge >= 0.3 is 5.97 Å². The fourth-order valence-electron chi connectivity index (χ4n) is 2.65. The van der Waals surface area contributed by atoms with Crippen molar-refractivity contribution in [1.82, 2.24) is 25.9 Å². The zero-order valence-electron chi connectivity index (χ0n) is 17.9. The number of imidazole rings is 1. The van der Waals surface area contributed by atoms with Crippen molar-refractivity contribution in [3.05, 3.63) is 18.2 Å². The highest BCUT2D eigenvalue weighted by molar-refractivity contribution is 7.98. The van der Waals surface area contributed by atoms with E-state index in [2.05, 4.69) is 38.5 Å². The maximum absolute atomic E-state index is 13.0. The van der Waals surface area contributed by atoms with Gasteiger partial charge in [0.2, 0.25) is 23.6 Å². The molecule has 0 radical (unpaired) electrons. The van der Waals surface area contributed by atoms with Crippen LogP contribution in [-0.4, -0.2) is 86.6 Å². The van der Waals surface area contributed by atoms with E-state index in [1.807, 2.05) is 6.26 Å². The molecule has 1 rings (SSSR count). The molecule has 0 aliphatic heterocycles. The number of carbonyl (C=O) groups is 5. The molecule has 9 N–H and O–H groups in total. The molecule has 0 bridgehead atoms. The maximum Gasteiger partial charge on any atom is 0.327 e. The number of nitrogens with one attached hydrogen (secondary N) is 4. The molecule has 0 aromatic carbocycles. The smallest absolute Gasteiger partial charge is 0.327 e. The molecule has 0 saturated heterocycles. The molecule has 0 aliphatic carbocycles. The van der Waals surface area contributed by atoms with Crippen LogP contribution in [0.3, 0.4) is 0 Å². The fourth-order valence-corrected chi connectivity index (χ4v) is 3.37. The number of thioether (sulfide) groups is 1. The number of carbonyl (C=O) groups excluding carboxylic acids is 4. The first kappa shape index (κ1) is 28.3. The molecule has 4 unspecified atom stereocenters. The number of nitrogens with zero attached hydrogens (tertiary/aromatic N) is 1. The summed E-state index contributed by atoms with van der Waals surface area (Å²) in [4.78, 5) is 66.9. The lowest BCUT2D eigenvalue weighted by Crippen LogP contribution is -2.58. The number of nitrogens with two attached hydrogens (primary N) is 2. The molecular formula is C18H29N7O6S2. The van der Waals surface area contributed by atoms with Crippen molar-refractivity contribution in [2.24, 2.45) is 11.5 Å². The minimum atomic E-state index is -1.26. The minimum absolute atomic E-state index is 0.00781. The third kappa shape index (κ3) is 10.1. The maximum atomic E-state index is 13.0. The number of rotatable bonds is 15. The SMILES string of the molecule is CSCCC(NC(=O)C(Cc1cnc[nH]1)NC(=O)C(N)CC(N)=O)C(=O)NC(CS)C(=O)O. The third-order valence-corrected chi connectivity index (χ3v) is 5.42. The lowest BCUT2D eigenvalue weighted by Gasteiger charge is -2.24. The quantitative estimate of drug-likeness (QED) is 0.117. The van der Waals surface area contributed by atoms with E-state index in [-0.39, 0.29) is 18.6 Å². The Morgan fingerprint density at radius 3 is 2.24 bits per heavy atom. The van der Waals surface area contributed by atoms with Gasteiger partial charge in [0.1, 0.15) is 18.1 Å². The first-order valence-electron chi connectivity index (χ1n) is 9.83. The highest BCUT2D eigenvalue weighted by atomic mass is 32.2. The number of H-pyrrole nitrogens is 1. The van der Waals surface area contributed by atoms with E-state index in [0.717, 1.165) is 0 Å². The normalized spacial score (nSPS) is 14.4. The Kier molecular flexibility index (Phi) is 12.3. The van der Waals surface area contributed by atoms with Gasteiger partial charge in [-0.2, -0.15) is 24.4 Å². The zero-order valence-corrected chi connectivity index (χ0v) is 19.7. The van der Waals surface area contributed by atoms with E-state index in [4.69, 9.17) is 16.6 Å². The van der Waals surface area contributed by atoms with Crippen LogP contribution in [0, 0.1) is 0 Å². The van der Waals surface area contributed by atoms with E-state index in [1.54, 1.807) is 0 Å². The van der Waals surface area contributed by atoms with Crippen LogP contribution in [0.15, 0.2) is 12.5 Å². The van der Waals surface area contributed by atoms with Crippen LogP contribution in [0.4, 0.5) is 0 Å². The van der Waals surface area contributed by atoms with Crippen molar-refractivity contribution in [3.8, 4) is 0 Å². The number of aromatic nitrogens is 2. The standard InChI is InChI=1S/C18H29N7O6S2/c1-33-3-2-11(16(28)25-13(7-32)18(30)31)23-17(29)12(4-9-6-21-8-22-9)24-15(27)10(19)5-14(20)26/h6,8,10-13,32H,2-5,7,19H2,1H3,(H2,20,26)(H,21,22)(H,23,29)(H,24,27)(H,25,28)(H,30,31). The van der Waals surface area contributed by atoms with Crippen molar-refractivity contribution in [2.45, 2.75) is 43.4 Å². The molecule has 1 aromatic heterocycles. The largest absolute Gasteiger partial charge is 0.480 e. The van der Waals surface area contributed by atoms with Crippen LogP contribution >= 0.6 is 24.4 Å². The molecule has 0 saturated carbocycles. The van der Waals surface area contributed by atoms with E-state index in [0.29, 0.717) is 11.4 Å². The van der Waals surface area contributed by atoms with E-state index in [1.165, 1.54) is 24.3 Å². The molecule has 33 heavy (non-hydrogen) atoms. The summed E-state index contributed by atoms with van der Waals surface area (Å²) in [5, 5.41) is 16.5. The molecule has 184 valence electrons. The second kappa shape index (κ2) is 14.4. The van der Waals surface area contributed by atoms with Crippen LogP contribution in [0.25, 0.3) is 0 Å². The van der Waals surface area contributed by atoms with Gasteiger partial charge in [0.25, 0.3) is 0 Å². The Balaban J connectivity index is 3.00. The van der Waals surface area contributed by atoms with E-state index in [9.17, 15) is 24.0 Å². The first-order valence-corrected chi connectivity index (χ1v) is 11.9. The summed E-state index contributed by atoms with van der Waals surface area (Å²) in [5.74, 6) is -3.86. The predicted octanol–water partition coefficient (Wildman–Crippen LogP) is -2.62.